The molecule has 0 bridgehead atoms. The lowest BCUT2D eigenvalue weighted by Gasteiger charge is -2.26. The number of ether oxygens (including phenoxy) is 1. The van der Waals surface area contributed by atoms with Gasteiger partial charge in [0.15, 0.2) is 0 Å². The summed E-state index contributed by atoms with van der Waals surface area (Å²) in [6.45, 7) is 3.75. The highest BCUT2D eigenvalue weighted by molar-refractivity contribution is 7.09. The van der Waals surface area contributed by atoms with E-state index in [-0.39, 0.29) is 24.9 Å². The second-order valence-corrected chi connectivity index (χ2v) is 7.20. The summed E-state index contributed by atoms with van der Waals surface area (Å²) in [5, 5.41) is 12.2. The first-order valence-corrected chi connectivity index (χ1v) is 9.47. The van der Waals surface area contributed by atoms with Gasteiger partial charge in [-0.25, -0.2) is 4.98 Å². The molecule has 2 aromatic rings. The number of carboxylic acid groups (broad SMARTS) is 1. The van der Waals surface area contributed by atoms with E-state index < -0.39 is 5.97 Å². The summed E-state index contributed by atoms with van der Waals surface area (Å²) in [6, 6.07) is 6.90. The highest BCUT2D eigenvalue weighted by Crippen LogP contribution is 2.19. The van der Waals surface area contributed by atoms with Crippen molar-refractivity contribution in [1.29, 1.82) is 0 Å². The topological polar surface area (TPSA) is 79.7 Å². The molecular weight excluding hydrogens is 376 g/mol. The van der Waals surface area contributed by atoms with Crippen LogP contribution < -0.4 is 4.74 Å². The molecule has 140 valence electrons. The van der Waals surface area contributed by atoms with Crippen LogP contribution in [0.4, 0.5) is 0 Å². The van der Waals surface area contributed by atoms with E-state index >= 15 is 0 Å². The molecule has 1 aromatic heterocycles. The maximum atomic E-state index is 12.5. The molecule has 1 heterocycles. The Balaban J connectivity index is 1.94. The molecule has 8 heteroatoms. The van der Waals surface area contributed by atoms with Gasteiger partial charge in [0.1, 0.15) is 23.9 Å². The van der Waals surface area contributed by atoms with E-state index in [1.807, 2.05) is 13.8 Å². The molecule has 0 saturated heterocycles. The molecular formula is C18H21ClN2O4S. The Kier molecular flexibility index (Phi) is 7.41. The molecule has 0 spiro atoms. The summed E-state index contributed by atoms with van der Waals surface area (Å²) in [5.41, 5.74) is 0.619. The van der Waals surface area contributed by atoms with Gasteiger partial charge >= 0.3 is 5.97 Å². The zero-order valence-corrected chi connectivity index (χ0v) is 16.2. The maximum Gasteiger partial charge on any atom is 0.323 e. The lowest BCUT2D eigenvalue weighted by molar-refractivity contribution is -0.145. The van der Waals surface area contributed by atoms with E-state index in [2.05, 4.69) is 4.98 Å². The lowest BCUT2D eigenvalue weighted by atomic mass is 10.2. The van der Waals surface area contributed by atoms with Gasteiger partial charge in [0, 0.05) is 16.4 Å². The number of thiazole rings is 1. The average Bonchev–Trinajstić information content (AvgIpc) is 3.05. The molecule has 0 fully saturated rings. The summed E-state index contributed by atoms with van der Waals surface area (Å²) in [5.74, 6) is -0.571. The Bertz CT molecular complexity index is 748. The second kappa shape index (κ2) is 9.54. The number of rotatable bonds is 9. The highest BCUT2D eigenvalue weighted by atomic mass is 35.5. The summed E-state index contributed by atoms with van der Waals surface area (Å²) < 4.78 is 5.64. The first-order valence-electron chi connectivity index (χ1n) is 8.22. The lowest BCUT2D eigenvalue weighted by Crippen LogP contribution is -2.42. The third-order valence-corrected chi connectivity index (χ3v) is 4.98. The van der Waals surface area contributed by atoms with Gasteiger partial charge < -0.3 is 14.7 Å². The molecule has 26 heavy (non-hydrogen) atoms. The molecule has 1 unspecified atom stereocenters. The number of carboxylic acids is 1. The number of hydrogen-bond donors (Lipinski definition) is 1. The Morgan fingerprint density at radius 3 is 2.65 bits per heavy atom. The molecule has 1 amide bonds. The fourth-order valence-corrected chi connectivity index (χ4v) is 3.12. The van der Waals surface area contributed by atoms with Crippen molar-refractivity contribution >= 4 is 34.8 Å². The maximum absolute atomic E-state index is 12.5. The van der Waals surface area contributed by atoms with Crippen molar-refractivity contribution in [1.82, 2.24) is 9.88 Å². The van der Waals surface area contributed by atoms with E-state index in [1.165, 1.54) is 16.2 Å². The zero-order chi connectivity index (χ0) is 19.1. The van der Waals surface area contributed by atoms with Crippen molar-refractivity contribution in [2.45, 2.75) is 39.3 Å². The van der Waals surface area contributed by atoms with Crippen LogP contribution >= 0.6 is 22.9 Å². The van der Waals surface area contributed by atoms with E-state index in [4.69, 9.17) is 21.4 Å². The minimum Gasteiger partial charge on any atom is -0.486 e. The van der Waals surface area contributed by atoms with Crippen LogP contribution in [0.3, 0.4) is 0 Å². The summed E-state index contributed by atoms with van der Waals surface area (Å²) in [7, 11) is 0. The van der Waals surface area contributed by atoms with Crippen LogP contribution in [0, 0.1) is 0 Å². The van der Waals surface area contributed by atoms with Gasteiger partial charge in [0.2, 0.25) is 5.91 Å². The Morgan fingerprint density at radius 1 is 1.35 bits per heavy atom. The van der Waals surface area contributed by atoms with E-state index in [0.717, 1.165) is 5.01 Å². The van der Waals surface area contributed by atoms with E-state index in [0.29, 0.717) is 29.5 Å². The standard InChI is InChI=1S/C18H21ClN2O4S/c1-3-12(2)21(9-18(23)24)17(22)8-14-11-26-16(20-14)10-25-15-6-4-13(19)5-7-15/h4-7,11-12H,3,8-10H2,1-2H3,(H,23,24). The van der Waals surface area contributed by atoms with Crippen molar-refractivity contribution in [3.63, 3.8) is 0 Å². The van der Waals surface area contributed by atoms with Crippen LogP contribution in [0.5, 0.6) is 5.75 Å². The van der Waals surface area contributed by atoms with Gasteiger partial charge in [-0.2, -0.15) is 0 Å². The van der Waals surface area contributed by atoms with Gasteiger partial charge in [-0.3, -0.25) is 9.59 Å². The Labute approximate surface area is 161 Å². The van der Waals surface area contributed by atoms with Gasteiger partial charge in [-0.15, -0.1) is 11.3 Å². The predicted molar refractivity (Wildman–Crippen MR) is 101 cm³/mol. The van der Waals surface area contributed by atoms with Crippen LogP contribution in [-0.2, 0) is 22.6 Å². The van der Waals surface area contributed by atoms with Gasteiger partial charge in [-0.1, -0.05) is 18.5 Å². The minimum absolute atomic E-state index is 0.0784. The first kappa shape index (κ1) is 20.2. The van der Waals surface area contributed by atoms with Crippen molar-refractivity contribution in [3.05, 3.63) is 45.4 Å². The number of amides is 1. The number of nitrogens with zero attached hydrogens (tertiary/aromatic N) is 2. The zero-order valence-electron chi connectivity index (χ0n) is 14.6. The molecule has 1 atom stereocenters. The van der Waals surface area contributed by atoms with Crippen LogP contribution in [-0.4, -0.2) is 39.5 Å². The largest absolute Gasteiger partial charge is 0.486 e. The molecule has 1 aromatic carbocycles. The van der Waals surface area contributed by atoms with Crippen molar-refractivity contribution < 1.29 is 19.4 Å². The summed E-state index contributed by atoms with van der Waals surface area (Å²) in [4.78, 5) is 29.2. The number of hydrogen-bond acceptors (Lipinski definition) is 5. The quantitative estimate of drug-likeness (QED) is 0.700. The molecule has 1 N–H and O–H groups in total. The van der Waals surface area contributed by atoms with Crippen molar-refractivity contribution in [2.75, 3.05) is 6.54 Å². The number of aliphatic carboxylic acids is 1. The van der Waals surface area contributed by atoms with Crippen LogP contribution in [0.2, 0.25) is 5.02 Å². The minimum atomic E-state index is -1.02. The summed E-state index contributed by atoms with van der Waals surface area (Å²) in [6.07, 6.45) is 0.769. The average molecular weight is 397 g/mol. The van der Waals surface area contributed by atoms with Crippen molar-refractivity contribution in [3.8, 4) is 5.75 Å². The molecule has 6 nitrogen and oxygen atoms in total. The Hall–Kier alpha value is -2.12. The van der Waals surface area contributed by atoms with Crippen LogP contribution in [0.25, 0.3) is 0 Å². The monoisotopic (exact) mass is 396 g/mol. The van der Waals surface area contributed by atoms with Crippen molar-refractivity contribution in [2.24, 2.45) is 0 Å². The normalized spacial score (nSPS) is 11.8. The SMILES string of the molecule is CCC(C)N(CC(=O)O)C(=O)Cc1csc(COc2ccc(Cl)cc2)n1. The number of carbonyl (C=O) groups excluding carboxylic acids is 1. The van der Waals surface area contributed by atoms with E-state index in [1.54, 1.807) is 29.6 Å². The fraction of sp³-hybridized carbons (Fsp3) is 0.389. The third-order valence-electron chi connectivity index (χ3n) is 3.86. The molecule has 2 rings (SSSR count). The van der Waals surface area contributed by atoms with E-state index in [9.17, 15) is 9.59 Å². The van der Waals surface area contributed by atoms with Gasteiger partial charge in [0.25, 0.3) is 0 Å². The highest BCUT2D eigenvalue weighted by Gasteiger charge is 2.22. The number of carbonyl (C=O) groups is 2. The molecule has 0 aliphatic rings. The fourth-order valence-electron chi connectivity index (χ4n) is 2.28. The number of aromatic nitrogens is 1. The number of benzene rings is 1. The van der Waals surface area contributed by atoms with Gasteiger partial charge in [0.05, 0.1) is 12.1 Å². The van der Waals surface area contributed by atoms with Crippen LogP contribution in [0.15, 0.2) is 29.6 Å². The first-order chi connectivity index (χ1) is 12.4. The van der Waals surface area contributed by atoms with Crippen LogP contribution in [0.1, 0.15) is 31.0 Å². The van der Waals surface area contributed by atoms with Gasteiger partial charge in [-0.05, 0) is 37.6 Å². The Morgan fingerprint density at radius 2 is 2.04 bits per heavy atom. The molecule has 0 aliphatic carbocycles. The predicted octanol–water partition coefficient (Wildman–Crippen LogP) is 3.63. The number of halogens is 1. The molecule has 0 radical (unpaired) electrons. The molecule has 0 saturated carbocycles. The smallest absolute Gasteiger partial charge is 0.323 e. The molecule has 0 aliphatic heterocycles. The summed E-state index contributed by atoms with van der Waals surface area (Å²) >= 11 is 7.24. The third kappa shape index (κ3) is 6.00. The second-order valence-electron chi connectivity index (χ2n) is 5.82.